The predicted octanol–water partition coefficient (Wildman–Crippen LogP) is 14.1. The van der Waals surface area contributed by atoms with E-state index in [-0.39, 0.29) is 5.41 Å². The number of benzene rings is 5. The first-order valence-corrected chi connectivity index (χ1v) is 20.3. The molecule has 1 saturated carbocycles. The van der Waals surface area contributed by atoms with Gasteiger partial charge in [-0.2, -0.15) is 0 Å². The van der Waals surface area contributed by atoms with Gasteiger partial charge >= 0.3 is 0 Å². The van der Waals surface area contributed by atoms with Gasteiger partial charge in [0.15, 0.2) is 0 Å². The van der Waals surface area contributed by atoms with E-state index in [9.17, 15) is 0 Å². The lowest BCUT2D eigenvalue weighted by molar-refractivity contribution is 0.627. The average molecular weight is 702 g/mol. The summed E-state index contributed by atoms with van der Waals surface area (Å²) in [7, 11) is 0. The van der Waals surface area contributed by atoms with Crippen LogP contribution in [-0.2, 0) is 11.8 Å². The van der Waals surface area contributed by atoms with Crippen molar-refractivity contribution in [3.05, 3.63) is 195 Å². The lowest BCUT2D eigenvalue weighted by Gasteiger charge is -2.33. The van der Waals surface area contributed by atoms with Gasteiger partial charge in [-0.05, 0) is 129 Å². The van der Waals surface area contributed by atoms with Gasteiger partial charge in [-0.1, -0.05) is 161 Å². The molecule has 268 valence electrons. The lowest BCUT2D eigenvalue weighted by atomic mass is 9.71. The third-order valence-electron chi connectivity index (χ3n) is 12.5. The number of fused-ring (bicyclic) bond motifs is 6. The number of aryl methyl sites for hydroxylation is 1. The molecular weight excluding hydrogens is 651 g/mol. The van der Waals surface area contributed by atoms with E-state index in [1.54, 1.807) is 0 Å². The summed E-state index contributed by atoms with van der Waals surface area (Å²) in [6.45, 7) is 7.20. The molecular formula is C53H51N. The summed E-state index contributed by atoms with van der Waals surface area (Å²) in [5.41, 5.74) is 19.0. The third kappa shape index (κ3) is 6.24. The van der Waals surface area contributed by atoms with Gasteiger partial charge in [0.05, 0.1) is 0 Å². The first-order chi connectivity index (χ1) is 26.5. The standard InChI is InChI=1S/C53H51N/c1-4-14-42-28-30-43-29-27-41-19-11-12-20-45(41)52(43)53(2,3)49(42)33-25-38-26-34-51-48(36-38)46-21-13-22-50(46)54(51)44-31-23-37(24-32-44)35-47(39-15-7-5-8-16-39)40-17-9-6-10-18-40/h5-10,12,15-18,20,23-36,46,50H,4,11,13-14,19,21-22H2,1-3H3. The van der Waals surface area contributed by atoms with Crippen molar-refractivity contribution in [1.82, 2.24) is 0 Å². The van der Waals surface area contributed by atoms with E-state index in [1.165, 1.54) is 97.4 Å². The number of allylic oxidation sites excluding steroid dienone is 5. The molecule has 5 aromatic carbocycles. The topological polar surface area (TPSA) is 3.24 Å². The number of rotatable bonds is 8. The van der Waals surface area contributed by atoms with Crippen molar-refractivity contribution < 1.29 is 0 Å². The van der Waals surface area contributed by atoms with Gasteiger partial charge in [-0.15, -0.1) is 0 Å². The Morgan fingerprint density at radius 3 is 2.24 bits per heavy atom. The molecule has 2 unspecified atom stereocenters. The molecule has 1 aliphatic heterocycles. The van der Waals surface area contributed by atoms with Crippen molar-refractivity contribution in [3.63, 3.8) is 0 Å². The highest BCUT2D eigenvalue weighted by molar-refractivity contribution is 5.91. The molecule has 54 heavy (non-hydrogen) atoms. The van der Waals surface area contributed by atoms with Crippen LogP contribution in [0.4, 0.5) is 11.4 Å². The highest BCUT2D eigenvalue weighted by Gasteiger charge is 2.42. The van der Waals surface area contributed by atoms with Gasteiger partial charge in [-0.3, -0.25) is 0 Å². The molecule has 0 bridgehead atoms. The quantitative estimate of drug-likeness (QED) is 0.146. The molecule has 0 N–H and O–H groups in total. The maximum Gasteiger partial charge on any atom is 0.0450 e. The van der Waals surface area contributed by atoms with Crippen molar-refractivity contribution in [1.29, 1.82) is 0 Å². The molecule has 2 atom stereocenters. The molecule has 0 amide bonds. The van der Waals surface area contributed by atoms with E-state index in [4.69, 9.17) is 0 Å². The van der Waals surface area contributed by atoms with Crippen LogP contribution in [0.1, 0.15) is 115 Å². The summed E-state index contributed by atoms with van der Waals surface area (Å²) in [5.74, 6) is 0.577. The molecule has 1 nitrogen and oxygen atoms in total. The Bertz CT molecular complexity index is 2290. The zero-order valence-corrected chi connectivity index (χ0v) is 32.1. The van der Waals surface area contributed by atoms with Crippen molar-refractivity contribution in [2.45, 2.75) is 83.1 Å². The monoisotopic (exact) mass is 701 g/mol. The fourth-order valence-corrected chi connectivity index (χ4v) is 9.94. The molecule has 1 heteroatoms. The molecule has 3 aliphatic carbocycles. The van der Waals surface area contributed by atoms with E-state index in [0.717, 1.165) is 25.7 Å². The minimum absolute atomic E-state index is 0.110. The van der Waals surface area contributed by atoms with Crippen LogP contribution in [0.25, 0.3) is 29.9 Å². The van der Waals surface area contributed by atoms with Gasteiger partial charge < -0.3 is 4.90 Å². The van der Waals surface area contributed by atoms with Crippen molar-refractivity contribution >= 4 is 41.3 Å². The Morgan fingerprint density at radius 2 is 1.50 bits per heavy atom. The maximum atomic E-state index is 2.65. The molecule has 1 heterocycles. The van der Waals surface area contributed by atoms with Gasteiger partial charge in [0, 0.05) is 28.7 Å². The third-order valence-corrected chi connectivity index (χ3v) is 12.5. The summed E-state index contributed by atoms with van der Waals surface area (Å²) in [6.07, 6.45) is 25.0. The maximum absolute atomic E-state index is 2.65. The van der Waals surface area contributed by atoms with Gasteiger partial charge in [0.1, 0.15) is 0 Å². The zero-order valence-electron chi connectivity index (χ0n) is 32.1. The Kier molecular flexibility index (Phi) is 9.19. The van der Waals surface area contributed by atoms with Gasteiger partial charge in [-0.25, -0.2) is 0 Å². The van der Waals surface area contributed by atoms with Crippen LogP contribution in [0, 0.1) is 0 Å². The molecule has 0 spiro atoms. The first-order valence-electron chi connectivity index (χ1n) is 20.3. The largest absolute Gasteiger partial charge is 0.338 e. The minimum Gasteiger partial charge on any atom is -0.338 e. The van der Waals surface area contributed by atoms with E-state index in [0.29, 0.717) is 12.0 Å². The molecule has 0 radical (unpaired) electrons. The van der Waals surface area contributed by atoms with Gasteiger partial charge in [0.25, 0.3) is 0 Å². The number of anilines is 2. The van der Waals surface area contributed by atoms with Crippen LogP contribution in [-0.4, -0.2) is 6.04 Å². The first kappa shape index (κ1) is 34.4. The second-order valence-corrected chi connectivity index (χ2v) is 16.2. The van der Waals surface area contributed by atoms with E-state index >= 15 is 0 Å². The molecule has 4 aliphatic rings. The minimum atomic E-state index is -0.110. The van der Waals surface area contributed by atoms with Crippen LogP contribution in [0.3, 0.4) is 0 Å². The Labute approximate surface area is 322 Å². The van der Waals surface area contributed by atoms with E-state index in [1.807, 2.05) is 0 Å². The summed E-state index contributed by atoms with van der Waals surface area (Å²) < 4.78 is 0. The number of hydrogen-bond donors (Lipinski definition) is 0. The van der Waals surface area contributed by atoms with Crippen molar-refractivity contribution in [2.24, 2.45) is 0 Å². The SMILES string of the molecule is CCCC1=C(C=Cc2ccc3c(c2)C2CCCC2N3c2ccc(C=C(c3ccccc3)c3ccccc3)cc2)C(C)(C)c2c(ccc3c2C=CCC3)C=C1. The molecule has 5 aromatic rings. The number of hydrogen-bond acceptors (Lipinski definition) is 1. The molecule has 0 aromatic heterocycles. The summed E-state index contributed by atoms with van der Waals surface area (Å²) >= 11 is 0. The fourth-order valence-electron chi connectivity index (χ4n) is 9.94. The van der Waals surface area contributed by atoms with E-state index < -0.39 is 0 Å². The van der Waals surface area contributed by atoms with Crippen LogP contribution in [0.2, 0.25) is 0 Å². The predicted molar refractivity (Wildman–Crippen MR) is 232 cm³/mol. The molecule has 1 fully saturated rings. The second-order valence-electron chi connectivity index (χ2n) is 16.2. The van der Waals surface area contributed by atoms with Crippen LogP contribution >= 0.6 is 0 Å². The van der Waals surface area contributed by atoms with Crippen molar-refractivity contribution in [3.8, 4) is 0 Å². The summed E-state index contributed by atoms with van der Waals surface area (Å²) in [6, 6.07) is 43.3. The highest BCUT2D eigenvalue weighted by Crippen LogP contribution is 2.53. The Hall–Kier alpha value is -5.40. The van der Waals surface area contributed by atoms with Crippen molar-refractivity contribution in [2.75, 3.05) is 4.90 Å². The zero-order chi connectivity index (χ0) is 36.6. The Balaban J connectivity index is 1.04. The average Bonchev–Trinajstić information content (AvgIpc) is 3.78. The fraction of sp³-hybridized carbons (Fsp3) is 0.245. The normalized spacial score (nSPS) is 19.4. The summed E-state index contributed by atoms with van der Waals surface area (Å²) in [4.78, 5) is 2.65. The molecule has 9 rings (SSSR count). The van der Waals surface area contributed by atoms with Crippen LogP contribution in [0.15, 0.2) is 145 Å². The second kappa shape index (κ2) is 14.4. The van der Waals surface area contributed by atoms with Crippen LogP contribution in [0.5, 0.6) is 0 Å². The van der Waals surface area contributed by atoms with Crippen LogP contribution < -0.4 is 4.90 Å². The number of nitrogens with zero attached hydrogens (tertiary/aromatic N) is 1. The Morgan fingerprint density at radius 1 is 0.759 bits per heavy atom. The lowest BCUT2D eigenvalue weighted by Crippen LogP contribution is -2.26. The summed E-state index contributed by atoms with van der Waals surface area (Å²) in [5, 5.41) is 0. The smallest absolute Gasteiger partial charge is 0.0450 e. The van der Waals surface area contributed by atoms with Gasteiger partial charge in [0.2, 0.25) is 0 Å². The van der Waals surface area contributed by atoms with E-state index in [2.05, 4.69) is 183 Å². The molecule has 0 saturated heterocycles. The highest BCUT2D eigenvalue weighted by atomic mass is 15.2.